The summed E-state index contributed by atoms with van der Waals surface area (Å²) in [4.78, 5) is 11.6. The maximum absolute atomic E-state index is 11.6. The first-order valence-electron chi connectivity index (χ1n) is 6.28. The van der Waals surface area contributed by atoms with E-state index in [2.05, 4.69) is 5.32 Å². The van der Waals surface area contributed by atoms with Crippen LogP contribution in [0.15, 0.2) is 30.3 Å². The molecular weight excluding hydrogens is 282 g/mol. The molecule has 3 N–H and O–H groups in total. The summed E-state index contributed by atoms with van der Waals surface area (Å²) in [5.41, 5.74) is 0.946. The van der Waals surface area contributed by atoms with E-state index in [1.807, 2.05) is 30.3 Å². The number of carbonyl (C=O) groups excluding carboxylic acids is 1. The van der Waals surface area contributed by atoms with Crippen LogP contribution in [0.1, 0.15) is 12.0 Å². The van der Waals surface area contributed by atoms with E-state index in [9.17, 15) is 13.2 Å². The second kappa shape index (κ2) is 8.11. The van der Waals surface area contributed by atoms with Crippen molar-refractivity contribution in [3.8, 4) is 0 Å². The SMILES string of the molecule is O=C(CO)[C@H](Cc1ccccc1)NCCCS(=O)(=O)O. The molecule has 0 fully saturated rings. The van der Waals surface area contributed by atoms with Crippen molar-refractivity contribution in [3.05, 3.63) is 35.9 Å². The highest BCUT2D eigenvalue weighted by Gasteiger charge is 2.17. The lowest BCUT2D eigenvalue weighted by atomic mass is 10.0. The van der Waals surface area contributed by atoms with Gasteiger partial charge < -0.3 is 10.4 Å². The van der Waals surface area contributed by atoms with E-state index in [0.29, 0.717) is 6.42 Å². The maximum atomic E-state index is 11.6. The molecule has 0 aliphatic carbocycles. The molecule has 112 valence electrons. The Kier molecular flexibility index (Phi) is 6.80. The summed E-state index contributed by atoms with van der Waals surface area (Å²) in [6.45, 7) is -0.300. The first kappa shape index (κ1) is 16.8. The van der Waals surface area contributed by atoms with E-state index < -0.39 is 22.8 Å². The number of Topliss-reactive ketones (excluding diaryl/α,β-unsaturated/α-hetero) is 1. The number of aliphatic hydroxyl groups excluding tert-OH is 1. The highest BCUT2D eigenvalue weighted by atomic mass is 32.2. The predicted molar refractivity (Wildman–Crippen MR) is 75.1 cm³/mol. The monoisotopic (exact) mass is 301 g/mol. The molecule has 0 aliphatic rings. The standard InChI is InChI=1S/C13H19NO5S/c15-10-13(16)12(9-11-5-2-1-3-6-11)14-7-4-8-20(17,18)19/h1-3,5-6,12,14-15H,4,7-10H2,(H,17,18,19)/t12-/m0/s1. The Balaban J connectivity index is 2.51. The van der Waals surface area contributed by atoms with Crippen LogP contribution in [0, 0.1) is 0 Å². The summed E-state index contributed by atoms with van der Waals surface area (Å²) >= 11 is 0. The number of aliphatic hydroxyl groups is 1. The van der Waals surface area contributed by atoms with Crippen molar-refractivity contribution >= 4 is 15.9 Å². The van der Waals surface area contributed by atoms with E-state index in [1.54, 1.807) is 0 Å². The van der Waals surface area contributed by atoms with Gasteiger partial charge in [-0.15, -0.1) is 0 Å². The predicted octanol–water partition coefficient (Wildman–Crippen LogP) is 0.0266. The van der Waals surface area contributed by atoms with Gasteiger partial charge in [-0.1, -0.05) is 30.3 Å². The zero-order valence-electron chi connectivity index (χ0n) is 11.0. The first-order chi connectivity index (χ1) is 9.42. The second-order valence-corrected chi connectivity index (χ2v) is 6.03. The number of hydrogen-bond donors (Lipinski definition) is 3. The fraction of sp³-hybridized carbons (Fsp3) is 0.462. The molecule has 1 rings (SSSR count). The fourth-order valence-electron chi connectivity index (χ4n) is 1.79. The van der Waals surface area contributed by atoms with E-state index in [-0.39, 0.29) is 24.5 Å². The Labute approximate surface area is 118 Å². The number of benzene rings is 1. The number of rotatable bonds is 9. The summed E-state index contributed by atoms with van der Waals surface area (Å²) in [6.07, 6.45) is 0.620. The Bertz CT molecular complexity index is 515. The minimum Gasteiger partial charge on any atom is -0.389 e. The van der Waals surface area contributed by atoms with E-state index in [4.69, 9.17) is 9.66 Å². The zero-order chi connectivity index (χ0) is 15.0. The molecule has 0 bridgehead atoms. The fourth-order valence-corrected chi connectivity index (χ4v) is 2.30. The molecule has 0 radical (unpaired) electrons. The molecule has 0 heterocycles. The molecule has 1 atom stereocenters. The Hall–Kier alpha value is -1.28. The van der Waals surface area contributed by atoms with Crippen molar-refractivity contribution in [3.63, 3.8) is 0 Å². The number of nitrogens with one attached hydrogen (secondary N) is 1. The van der Waals surface area contributed by atoms with Gasteiger partial charge in [-0.25, -0.2) is 0 Å². The minimum atomic E-state index is -3.98. The number of carbonyl (C=O) groups is 1. The smallest absolute Gasteiger partial charge is 0.264 e. The van der Waals surface area contributed by atoms with Crippen LogP contribution in [0.4, 0.5) is 0 Å². The van der Waals surface area contributed by atoms with Gasteiger partial charge >= 0.3 is 0 Å². The lowest BCUT2D eigenvalue weighted by molar-refractivity contribution is -0.123. The molecule has 0 aromatic heterocycles. The van der Waals surface area contributed by atoms with Crippen LogP contribution >= 0.6 is 0 Å². The van der Waals surface area contributed by atoms with Crippen LogP contribution < -0.4 is 5.32 Å². The molecule has 0 saturated carbocycles. The second-order valence-electron chi connectivity index (χ2n) is 4.46. The van der Waals surface area contributed by atoms with Gasteiger partial charge in [-0.05, 0) is 24.9 Å². The Morgan fingerprint density at radius 1 is 1.25 bits per heavy atom. The Morgan fingerprint density at radius 3 is 2.45 bits per heavy atom. The molecule has 20 heavy (non-hydrogen) atoms. The van der Waals surface area contributed by atoms with Crippen molar-refractivity contribution in [1.29, 1.82) is 0 Å². The van der Waals surface area contributed by atoms with Crippen molar-refractivity contribution < 1.29 is 22.9 Å². The quantitative estimate of drug-likeness (QED) is 0.439. The summed E-state index contributed by atoms with van der Waals surface area (Å²) in [6, 6.07) is 8.76. The maximum Gasteiger partial charge on any atom is 0.264 e. The summed E-state index contributed by atoms with van der Waals surface area (Å²) in [5, 5.41) is 11.8. The third-order valence-electron chi connectivity index (χ3n) is 2.80. The van der Waals surface area contributed by atoms with Gasteiger partial charge in [0, 0.05) is 0 Å². The highest BCUT2D eigenvalue weighted by molar-refractivity contribution is 7.85. The molecule has 1 aromatic rings. The van der Waals surface area contributed by atoms with Crippen LogP contribution in [0.5, 0.6) is 0 Å². The first-order valence-corrected chi connectivity index (χ1v) is 7.89. The van der Waals surface area contributed by atoms with E-state index >= 15 is 0 Å². The molecule has 0 spiro atoms. The third-order valence-corrected chi connectivity index (χ3v) is 3.60. The number of ketones is 1. The summed E-state index contributed by atoms with van der Waals surface area (Å²) in [7, 11) is -3.98. The van der Waals surface area contributed by atoms with Crippen molar-refractivity contribution in [2.75, 3.05) is 18.9 Å². The molecule has 1 aromatic carbocycles. The van der Waals surface area contributed by atoms with Gasteiger partial charge in [-0.2, -0.15) is 8.42 Å². The lowest BCUT2D eigenvalue weighted by Crippen LogP contribution is -2.41. The van der Waals surface area contributed by atoms with Crippen LogP contribution in [-0.4, -0.2) is 48.8 Å². The van der Waals surface area contributed by atoms with Gasteiger partial charge in [0.2, 0.25) is 0 Å². The molecule has 0 amide bonds. The molecule has 0 aliphatic heterocycles. The molecule has 0 unspecified atom stereocenters. The van der Waals surface area contributed by atoms with Gasteiger partial charge in [0.05, 0.1) is 11.8 Å². The molecular formula is C13H19NO5S. The van der Waals surface area contributed by atoms with E-state index in [1.165, 1.54) is 0 Å². The largest absolute Gasteiger partial charge is 0.389 e. The topological polar surface area (TPSA) is 104 Å². The van der Waals surface area contributed by atoms with Gasteiger partial charge in [0.25, 0.3) is 10.1 Å². The van der Waals surface area contributed by atoms with Crippen LogP contribution in [-0.2, 0) is 21.3 Å². The van der Waals surface area contributed by atoms with Crippen molar-refractivity contribution in [2.45, 2.75) is 18.9 Å². The van der Waals surface area contributed by atoms with Crippen LogP contribution in [0.3, 0.4) is 0 Å². The van der Waals surface area contributed by atoms with Gasteiger partial charge in [-0.3, -0.25) is 9.35 Å². The van der Waals surface area contributed by atoms with Crippen molar-refractivity contribution in [1.82, 2.24) is 5.32 Å². The van der Waals surface area contributed by atoms with Crippen LogP contribution in [0.2, 0.25) is 0 Å². The Morgan fingerprint density at radius 2 is 1.90 bits per heavy atom. The average molecular weight is 301 g/mol. The summed E-state index contributed by atoms with van der Waals surface area (Å²) in [5.74, 6) is -0.702. The molecule has 6 nitrogen and oxygen atoms in total. The third kappa shape index (κ3) is 6.76. The van der Waals surface area contributed by atoms with Gasteiger partial charge in [0.1, 0.15) is 6.61 Å². The summed E-state index contributed by atoms with van der Waals surface area (Å²) < 4.78 is 29.8. The molecule has 7 heteroatoms. The highest BCUT2D eigenvalue weighted by Crippen LogP contribution is 2.04. The van der Waals surface area contributed by atoms with Gasteiger partial charge in [0.15, 0.2) is 5.78 Å². The van der Waals surface area contributed by atoms with E-state index in [0.717, 1.165) is 5.56 Å². The zero-order valence-corrected chi connectivity index (χ0v) is 11.8. The molecule has 0 saturated heterocycles. The number of hydrogen-bond acceptors (Lipinski definition) is 5. The average Bonchev–Trinajstić information content (AvgIpc) is 2.41. The van der Waals surface area contributed by atoms with Crippen molar-refractivity contribution in [2.24, 2.45) is 0 Å². The lowest BCUT2D eigenvalue weighted by Gasteiger charge is -2.16. The minimum absolute atomic E-state index is 0.197. The normalized spacial score (nSPS) is 13.1. The van der Waals surface area contributed by atoms with Crippen LogP contribution in [0.25, 0.3) is 0 Å².